The SMILES string of the molecule is O=C(O)c1ccc(NSc2cccc(-c3cc(F)ccc3F)c2)cc1O. The minimum absolute atomic E-state index is 0.163. The molecular formula is C19H13F2NO3S. The van der Waals surface area contributed by atoms with Crippen LogP contribution < -0.4 is 4.72 Å². The quantitative estimate of drug-likeness (QED) is 0.539. The molecule has 3 aromatic rings. The first kappa shape index (κ1) is 17.8. The number of phenols is 1. The maximum Gasteiger partial charge on any atom is 0.339 e. The molecule has 0 aliphatic carbocycles. The number of carboxylic acid groups (broad SMARTS) is 1. The summed E-state index contributed by atoms with van der Waals surface area (Å²) in [4.78, 5) is 11.6. The summed E-state index contributed by atoms with van der Waals surface area (Å²) in [5, 5.41) is 18.6. The molecule has 0 aliphatic heterocycles. The van der Waals surface area contributed by atoms with Crippen molar-refractivity contribution in [3.63, 3.8) is 0 Å². The zero-order chi connectivity index (χ0) is 18.7. The minimum atomic E-state index is -1.22. The van der Waals surface area contributed by atoms with Crippen molar-refractivity contribution in [3.05, 3.63) is 77.9 Å². The van der Waals surface area contributed by atoms with Gasteiger partial charge >= 0.3 is 5.97 Å². The Morgan fingerprint density at radius 1 is 1.00 bits per heavy atom. The summed E-state index contributed by atoms with van der Waals surface area (Å²) >= 11 is 1.19. The van der Waals surface area contributed by atoms with E-state index in [0.717, 1.165) is 23.1 Å². The van der Waals surface area contributed by atoms with E-state index >= 15 is 0 Å². The molecule has 7 heteroatoms. The van der Waals surface area contributed by atoms with Crippen LogP contribution >= 0.6 is 11.9 Å². The molecule has 0 unspecified atom stereocenters. The molecule has 0 amide bonds. The number of anilines is 1. The Morgan fingerprint density at radius 2 is 1.81 bits per heavy atom. The fraction of sp³-hybridized carbons (Fsp3) is 0. The highest BCUT2D eigenvalue weighted by Gasteiger charge is 2.10. The second kappa shape index (κ2) is 7.45. The highest BCUT2D eigenvalue weighted by Crippen LogP contribution is 2.30. The third kappa shape index (κ3) is 3.94. The predicted octanol–water partition coefficient (Wildman–Crippen LogP) is 5.15. The maximum atomic E-state index is 13.9. The second-order valence-corrected chi connectivity index (χ2v) is 6.27. The fourth-order valence-electron chi connectivity index (χ4n) is 2.34. The smallest absolute Gasteiger partial charge is 0.339 e. The summed E-state index contributed by atoms with van der Waals surface area (Å²) in [6, 6.07) is 14.3. The average molecular weight is 373 g/mol. The van der Waals surface area contributed by atoms with Crippen LogP contribution in [-0.2, 0) is 0 Å². The van der Waals surface area contributed by atoms with Crippen LogP contribution in [-0.4, -0.2) is 16.2 Å². The lowest BCUT2D eigenvalue weighted by Gasteiger charge is -2.09. The molecule has 0 fully saturated rings. The van der Waals surface area contributed by atoms with Crippen LogP contribution in [0.25, 0.3) is 11.1 Å². The fourth-order valence-corrected chi connectivity index (χ4v) is 3.03. The maximum absolute atomic E-state index is 13.9. The van der Waals surface area contributed by atoms with Crippen molar-refractivity contribution in [1.82, 2.24) is 0 Å². The molecule has 26 heavy (non-hydrogen) atoms. The molecule has 0 spiro atoms. The van der Waals surface area contributed by atoms with Gasteiger partial charge in [-0.2, -0.15) is 0 Å². The first-order valence-corrected chi connectivity index (χ1v) is 8.30. The topological polar surface area (TPSA) is 69.6 Å². The van der Waals surface area contributed by atoms with Crippen LogP contribution in [0.5, 0.6) is 5.75 Å². The number of hydrogen-bond acceptors (Lipinski definition) is 4. The molecule has 0 aromatic heterocycles. The van der Waals surface area contributed by atoms with Crippen molar-refractivity contribution in [2.75, 3.05) is 4.72 Å². The van der Waals surface area contributed by atoms with E-state index in [1.54, 1.807) is 24.3 Å². The Balaban J connectivity index is 1.78. The molecule has 0 heterocycles. The molecule has 0 saturated heterocycles. The van der Waals surface area contributed by atoms with Gasteiger partial charge < -0.3 is 14.9 Å². The Hall–Kier alpha value is -3.06. The van der Waals surface area contributed by atoms with Crippen molar-refractivity contribution in [2.24, 2.45) is 0 Å². The van der Waals surface area contributed by atoms with Gasteiger partial charge in [0.1, 0.15) is 22.9 Å². The molecule has 4 nitrogen and oxygen atoms in total. The molecule has 0 bridgehead atoms. The molecule has 0 radical (unpaired) electrons. The van der Waals surface area contributed by atoms with Crippen molar-refractivity contribution in [2.45, 2.75) is 4.90 Å². The number of carboxylic acids is 1. The first-order valence-electron chi connectivity index (χ1n) is 7.48. The van der Waals surface area contributed by atoms with Gasteiger partial charge in [-0.15, -0.1) is 0 Å². The number of rotatable bonds is 5. The van der Waals surface area contributed by atoms with Gasteiger partial charge in [0, 0.05) is 22.2 Å². The Morgan fingerprint density at radius 3 is 2.54 bits per heavy atom. The monoisotopic (exact) mass is 373 g/mol. The van der Waals surface area contributed by atoms with E-state index in [4.69, 9.17) is 5.11 Å². The molecule has 3 N–H and O–H groups in total. The average Bonchev–Trinajstić information content (AvgIpc) is 2.62. The second-order valence-electron chi connectivity index (χ2n) is 5.39. The zero-order valence-corrected chi connectivity index (χ0v) is 14.1. The predicted molar refractivity (Wildman–Crippen MR) is 96.3 cm³/mol. The lowest BCUT2D eigenvalue weighted by Crippen LogP contribution is -1.97. The number of aromatic carboxylic acids is 1. The lowest BCUT2D eigenvalue weighted by atomic mass is 10.1. The van der Waals surface area contributed by atoms with Crippen LogP contribution in [0.3, 0.4) is 0 Å². The van der Waals surface area contributed by atoms with E-state index in [-0.39, 0.29) is 16.9 Å². The summed E-state index contributed by atoms with van der Waals surface area (Å²) < 4.78 is 30.3. The normalized spacial score (nSPS) is 10.5. The molecule has 0 saturated carbocycles. The molecule has 3 rings (SSSR count). The number of carbonyl (C=O) groups is 1. The van der Waals surface area contributed by atoms with Gasteiger partial charge in [-0.05, 0) is 60.0 Å². The standard InChI is InChI=1S/C19H13F2NO3S/c20-12-4-7-17(21)16(9-12)11-2-1-3-14(8-11)26-22-13-5-6-15(19(24)25)18(23)10-13/h1-10,22-23H,(H,24,25). The van der Waals surface area contributed by atoms with Crippen LogP contribution in [0.1, 0.15) is 10.4 Å². The lowest BCUT2D eigenvalue weighted by molar-refractivity contribution is 0.0694. The molecule has 3 aromatic carbocycles. The third-order valence-electron chi connectivity index (χ3n) is 3.59. The molecule has 0 atom stereocenters. The summed E-state index contributed by atoms with van der Waals surface area (Å²) in [5.74, 6) is -2.60. The van der Waals surface area contributed by atoms with Gasteiger partial charge in [-0.1, -0.05) is 12.1 Å². The van der Waals surface area contributed by atoms with E-state index in [1.165, 1.54) is 30.1 Å². The molecule has 0 aliphatic rings. The van der Waals surface area contributed by atoms with Crippen molar-refractivity contribution >= 4 is 23.6 Å². The Labute approximate surface area is 152 Å². The summed E-state index contributed by atoms with van der Waals surface area (Å²) in [6.07, 6.45) is 0. The van der Waals surface area contributed by atoms with Crippen LogP contribution in [0.4, 0.5) is 14.5 Å². The summed E-state index contributed by atoms with van der Waals surface area (Å²) in [7, 11) is 0. The van der Waals surface area contributed by atoms with Crippen molar-refractivity contribution in [3.8, 4) is 16.9 Å². The van der Waals surface area contributed by atoms with Gasteiger partial charge in [0.2, 0.25) is 0 Å². The van der Waals surface area contributed by atoms with Crippen molar-refractivity contribution in [1.29, 1.82) is 0 Å². The van der Waals surface area contributed by atoms with Crippen LogP contribution in [0.15, 0.2) is 65.6 Å². The first-order chi connectivity index (χ1) is 12.4. The van der Waals surface area contributed by atoms with E-state index in [9.17, 15) is 18.7 Å². The summed E-state index contributed by atoms with van der Waals surface area (Å²) in [6.45, 7) is 0. The number of benzene rings is 3. The van der Waals surface area contributed by atoms with Crippen LogP contribution in [0.2, 0.25) is 0 Å². The zero-order valence-electron chi connectivity index (χ0n) is 13.2. The Kier molecular flexibility index (Phi) is 5.09. The number of nitrogens with one attached hydrogen (secondary N) is 1. The number of hydrogen-bond donors (Lipinski definition) is 3. The minimum Gasteiger partial charge on any atom is -0.507 e. The van der Waals surface area contributed by atoms with E-state index < -0.39 is 17.6 Å². The summed E-state index contributed by atoms with van der Waals surface area (Å²) in [5.41, 5.74) is 0.998. The number of aromatic hydroxyl groups is 1. The van der Waals surface area contributed by atoms with Crippen molar-refractivity contribution < 1.29 is 23.8 Å². The Bertz CT molecular complexity index is 979. The highest BCUT2D eigenvalue weighted by atomic mass is 32.2. The van der Waals surface area contributed by atoms with Gasteiger partial charge in [0.15, 0.2) is 0 Å². The number of halogens is 2. The highest BCUT2D eigenvalue weighted by molar-refractivity contribution is 8.00. The van der Waals surface area contributed by atoms with Gasteiger partial charge in [-0.25, -0.2) is 13.6 Å². The third-order valence-corrected chi connectivity index (χ3v) is 4.42. The molecular weight excluding hydrogens is 360 g/mol. The van der Waals surface area contributed by atoms with E-state index in [0.29, 0.717) is 11.3 Å². The van der Waals surface area contributed by atoms with Gasteiger partial charge in [0.05, 0.1) is 0 Å². The van der Waals surface area contributed by atoms with Gasteiger partial charge in [-0.3, -0.25) is 0 Å². The van der Waals surface area contributed by atoms with E-state index in [1.807, 2.05) is 0 Å². The van der Waals surface area contributed by atoms with Crippen LogP contribution in [0, 0.1) is 11.6 Å². The van der Waals surface area contributed by atoms with Gasteiger partial charge in [0.25, 0.3) is 0 Å². The molecule has 132 valence electrons. The largest absolute Gasteiger partial charge is 0.507 e. The van der Waals surface area contributed by atoms with E-state index in [2.05, 4.69) is 4.72 Å².